The summed E-state index contributed by atoms with van der Waals surface area (Å²) < 4.78 is 0. The minimum absolute atomic E-state index is 0.667. The molecule has 2 aromatic heterocycles. The topological polar surface area (TPSA) is 38.7 Å². The molecule has 3 heteroatoms. The van der Waals surface area contributed by atoms with E-state index >= 15 is 0 Å². The molecule has 0 saturated carbocycles. The zero-order valence-corrected chi connectivity index (χ0v) is 12.5. The molecule has 0 fully saturated rings. The fourth-order valence-electron chi connectivity index (χ4n) is 2.32. The van der Waals surface area contributed by atoms with Gasteiger partial charge in [-0.1, -0.05) is 29.8 Å². The first kappa shape index (κ1) is 13.4. The van der Waals surface area contributed by atoms with Gasteiger partial charge in [-0.3, -0.25) is 0 Å². The lowest BCUT2D eigenvalue weighted by molar-refractivity contribution is 1.10. The molecule has 0 spiro atoms. The molecule has 21 heavy (non-hydrogen) atoms. The molecule has 0 unspecified atom stereocenters. The number of rotatable bonds is 2. The van der Waals surface area contributed by atoms with Crippen LogP contribution in [0.5, 0.6) is 0 Å². The van der Waals surface area contributed by atoms with E-state index in [1.165, 1.54) is 5.56 Å². The lowest BCUT2D eigenvalue weighted by Gasteiger charge is -2.08. The van der Waals surface area contributed by atoms with Gasteiger partial charge < -0.3 is 0 Å². The molecule has 0 amide bonds. The van der Waals surface area contributed by atoms with Gasteiger partial charge in [-0.25, -0.2) is 15.0 Å². The van der Waals surface area contributed by atoms with E-state index in [9.17, 15) is 0 Å². The van der Waals surface area contributed by atoms with Gasteiger partial charge in [-0.2, -0.15) is 0 Å². The van der Waals surface area contributed by atoms with Gasteiger partial charge in [-0.05, 0) is 44.5 Å². The fraction of sp³-hybridized carbons (Fsp3) is 0.167. The maximum atomic E-state index is 4.72. The van der Waals surface area contributed by atoms with Crippen LogP contribution in [0.15, 0.2) is 48.7 Å². The van der Waals surface area contributed by atoms with Crippen LogP contribution in [0.1, 0.15) is 16.8 Å². The van der Waals surface area contributed by atoms with Crippen molar-refractivity contribution in [3.05, 3.63) is 65.5 Å². The molecule has 3 rings (SSSR count). The van der Waals surface area contributed by atoms with Crippen LogP contribution in [0.3, 0.4) is 0 Å². The first-order valence-electron chi connectivity index (χ1n) is 6.98. The van der Waals surface area contributed by atoms with Gasteiger partial charge in [0.25, 0.3) is 0 Å². The van der Waals surface area contributed by atoms with Crippen molar-refractivity contribution < 1.29 is 0 Å². The average Bonchev–Trinajstić information content (AvgIpc) is 2.47. The summed E-state index contributed by atoms with van der Waals surface area (Å²) in [7, 11) is 0. The van der Waals surface area contributed by atoms with Crippen LogP contribution in [-0.2, 0) is 0 Å². The van der Waals surface area contributed by atoms with Gasteiger partial charge >= 0.3 is 0 Å². The molecule has 0 radical (unpaired) electrons. The van der Waals surface area contributed by atoms with Gasteiger partial charge in [0.2, 0.25) is 0 Å². The Morgan fingerprint density at radius 2 is 1.67 bits per heavy atom. The third-order valence-electron chi connectivity index (χ3n) is 3.38. The van der Waals surface area contributed by atoms with E-state index in [1.54, 1.807) is 0 Å². The van der Waals surface area contributed by atoms with Crippen LogP contribution in [0.25, 0.3) is 22.8 Å². The molecular weight excluding hydrogens is 258 g/mol. The van der Waals surface area contributed by atoms with E-state index in [2.05, 4.69) is 41.2 Å². The lowest BCUT2D eigenvalue weighted by atomic mass is 10.1. The fourth-order valence-corrected chi connectivity index (χ4v) is 2.32. The number of hydrogen-bond donors (Lipinski definition) is 0. The minimum atomic E-state index is 0.667. The molecule has 0 bridgehead atoms. The largest absolute Gasteiger partial charge is 0.250 e. The molecule has 0 saturated heterocycles. The Kier molecular flexibility index (Phi) is 3.48. The van der Waals surface area contributed by atoms with E-state index in [4.69, 9.17) is 4.98 Å². The molecule has 1 aromatic carbocycles. The summed E-state index contributed by atoms with van der Waals surface area (Å²) in [5.74, 6) is 0.667. The van der Waals surface area contributed by atoms with Gasteiger partial charge in [0, 0.05) is 17.5 Å². The maximum Gasteiger partial charge on any atom is 0.178 e. The number of pyridine rings is 1. The second-order valence-electron chi connectivity index (χ2n) is 5.26. The quantitative estimate of drug-likeness (QED) is 0.705. The lowest BCUT2D eigenvalue weighted by Crippen LogP contribution is -1.97. The normalized spacial score (nSPS) is 10.6. The molecule has 0 atom stereocenters. The second kappa shape index (κ2) is 5.44. The zero-order valence-electron chi connectivity index (χ0n) is 12.5. The Hall–Kier alpha value is -2.55. The second-order valence-corrected chi connectivity index (χ2v) is 5.26. The smallest absolute Gasteiger partial charge is 0.178 e. The summed E-state index contributed by atoms with van der Waals surface area (Å²) in [6, 6.07) is 14.3. The molecule has 0 aliphatic heterocycles. The first-order chi connectivity index (χ1) is 10.1. The van der Waals surface area contributed by atoms with Gasteiger partial charge in [0.05, 0.1) is 5.69 Å². The predicted octanol–water partition coefficient (Wildman–Crippen LogP) is 4.13. The predicted molar refractivity (Wildman–Crippen MR) is 84.9 cm³/mol. The Bertz CT molecular complexity index is 794. The summed E-state index contributed by atoms with van der Waals surface area (Å²) in [4.78, 5) is 13.6. The van der Waals surface area contributed by atoms with Crippen molar-refractivity contribution in [3.8, 4) is 22.8 Å². The van der Waals surface area contributed by atoms with Crippen LogP contribution < -0.4 is 0 Å². The summed E-state index contributed by atoms with van der Waals surface area (Å²) in [5, 5.41) is 0. The van der Waals surface area contributed by atoms with Gasteiger partial charge in [-0.15, -0.1) is 0 Å². The van der Waals surface area contributed by atoms with Crippen LogP contribution in [-0.4, -0.2) is 15.0 Å². The molecule has 104 valence electrons. The third-order valence-corrected chi connectivity index (χ3v) is 3.38. The Morgan fingerprint density at radius 1 is 0.857 bits per heavy atom. The van der Waals surface area contributed by atoms with Crippen LogP contribution in [0.4, 0.5) is 0 Å². The van der Waals surface area contributed by atoms with Crippen molar-refractivity contribution in [1.29, 1.82) is 0 Å². The van der Waals surface area contributed by atoms with Crippen molar-refractivity contribution in [2.24, 2.45) is 0 Å². The van der Waals surface area contributed by atoms with Crippen molar-refractivity contribution in [2.45, 2.75) is 20.8 Å². The van der Waals surface area contributed by atoms with E-state index in [1.807, 2.05) is 38.2 Å². The summed E-state index contributed by atoms with van der Waals surface area (Å²) in [6.07, 6.45) is 1.87. The van der Waals surface area contributed by atoms with Gasteiger partial charge in [0.1, 0.15) is 5.69 Å². The van der Waals surface area contributed by atoms with Gasteiger partial charge in [0.15, 0.2) is 5.82 Å². The first-order valence-corrected chi connectivity index (χ1v) is 6.98. The number of benzene rings is 1. The molecular formula is C18H17N3. The van der Waals surface area contributed by atoms with Crippen molar-refractivity contribution in [1.82, 2.24) is 15.0 Å². The summed E-state index contributed by atoms with van der Waals surface area (Å²) >= 11 is 0. The van der Waals surface area contributed by atoms with Crippen molar-refractivity contribution in [2.75, 3.05) is 0 Å². The van der Waals surface area contributed by atoms with E-state index < -0.39 is 0 Å². The van der Waals surface area contributed by atoms with Crippen molar-refractivity contribution in [3.63, 3.8) is 0 Å². The summed E-state index contributed by atoms with van der Waals surface area (Å²) in [5.41, 5.74) is 6.14. The number of hydrogen-bond acceptors (Lipinski definition) is 3. The SMILES string of the molecule is Cc1cccc(-c2nc(-c3cccc(C)n3)ncc2C)c1. The Labute approximate surface area is 124 Å². The minimum Gasteiger partial charge on any atom is -0.250 e. The van der Waals surface area contributed by atoms with Crippen LogP contribution in [0, 0.1) is 20.8 Å². The number of aromatic nitrogens is 3. The molecule has 3 nitrogen and oxygen atoms in total. The average molecular weight is 275 g/mol. The van der Waals surface area contributed by atoms with Crippen LogP contribution in [0.2, 0.25) is 0 Å². The summed E-state index contributed by atoms with van der Waals surface area (Å²) in [6.45, 7) is 6.09. The molecule has 3 aromatic rings. The van der Waals surface area contributed by atoms with E-state index in [0.29, 0.717) is 5.82 Å². The Morgan fingerprint density at radius 3 is 2.43 bits per heavy atom. The molecule has 0 aliphatic rings. The molecule has 2 heterocycles. The van der Waals surface area contributed by atoms with Crippen LogP contribution >= 0.6 is 0 Å². The highest BCUT2D eigenvalue weighted by molar-refractivity contribution is 5.65. The number of aryl methyl sites for hydroxylation is 3. The highest BCUT2D eigenvalue weighted by Crippen LogP contribution is 2.24. The third kappa shape index (κ3) is 2.82. The molecule has 0 N–H and O–H groups in total. The van der Waals surface area contributed by atoms with Crippen molar-refractivity contribution >= 4 is 0 Å². The van der Waals surface area contributed by atoms with E-state index in [-0.39, 0.29) is 0 Å². The number of nitrogens with zero attached hydrogens (tertiary/aromatic N) is 3. The monoisotopic (exact) mass is 275 g/mol. The zero-order chi connectivity index (χ0) is 14.8. The molecule has 0 aliphatic carbocycles. The Balaban J connectivity index is 2.12. The highest BCUT2D eigenvalue weighted by Gasteiger charge is 2.09. The highest BCUT2D eigenvalue weighted by atomic mass is 14.9. The standard InChI is InChI=1S/C18H17N3/c1-12-6-4-8-15(10-12)17-13(2)11-19-18(21-17)16-9-5-7-14(3)20-16/h4-11H,1-3H3. The maximum absolute atomic E-state index is 4.72. The van der Waals surface area contributed by atoms with E-state index in [0.717, 1.165) is 28.2 Å².